The summed E-state index contributed by atoms with van der Waals surface area (Å²) in [7, 11) is 0. The second-order valence-corrected chi connectivity index (χ2v) is 4.51. The van der Waals surface area contributed by atoms with Crippen molar-refractivity contribution in [2.75, 3.05) is 6.54 Å². The molecule has 0 aliphatic carbocycles. The van der Waals surface area contributed by atoms with Crippen LogP contribution in [0, 0.1) is 5.82 Å². The Morgan fingerprint density at radius 1 is 1.38 bits per heavy atom. The quantitative estimate of drug-likeness (QED) is 0.824. The van der Waals surface area contributed by atoms with Crippen molar-refractivity contribution in [3.8, 4) is 0 Å². The second-order valence-electron chi connectivity index (χ2n) is 4.51. The highest BCUT2D eigenvalue weighted by Crippen LogP contribution is 2.22. The van der Waals surface area contributed by atoms with Crippen LogP contribution in [0.25, 0.3) is 0 Å². The van der Waals surface area contributed by atoms with Gasteiger partial charge in [0.15, 0.2) is 0 Å². The molecule has 2 nitrogen and oxygen atoms in total. The first-order valence-electron chi connectivity index (χ1n) is 6.01. The molecular weight excluding hydrogens is 203 g/mol. The Kier molecular flexibility index (Phi) is 3.91. The average Bonchev–Trinajstić information content (AvgIpc) is 2.31. The van der Waals surface area contributed by atoms with Gasteiger partial charge in [-0.25, -0.2) is 4.39 Å². The lowest BCUT2D eigenvalue weighted by Crippen LogP contribution is -2.36. The Balaban J connectivity index is 1.96. The number of benzene rings is 1. The van der Waals surface area contributed by atoms with Gasteiger partial charge in [-0.1, -0.05) is 24.6 Å². The fourth-order valence-electron chi connectivity index (χ4n) is 2.33. The number of nitrogens with two attached hydrogens (primary N) is 1. The SMILES string of the molecule is NC(CC1CCCCN1)c1ccccc1F. The molecule has 1 saturated heterocycles. The molecule has 1 aliphatic rings. The van der Waals surface area contributed by atoms with Crippen molar-refractivity contribution in [2.24, 2.45) is 5.73 Å². The summed E-state index contributed by atoms with van der Waals surface area (Å²) >= 11 is 0. The smallest absolute Gasteiger partial charge is 0.127 e. The van der Waals surface area contributed by atoms with Crippen molar-refractivity contribution < 1.29 is 4.39 Å². The predicted octanol–water partition coefficient (Wildman–Crippen LogP) is 2.36. The zero-order valence-electron chi connectivity index (χ0n) is 9.45. The van der Waals surface area contributed by atoms with Gasteiger partial charge < -0.3 is 11.1 Å². The van der Waals surface area contributed by atoms with Crippen molar-refractivity contribution in [3.05, 3.63) is 35.6 Å². The third-order valence-corrected chi connectivity index (χ3v) is 3.26. The lowest BCUT2D eigenvalue weighted by molar-refractivity contribution is 0.359. The van der Waals surface area contributed by atoms with Crippen molar-refractivity contribution in [1.82, 2.24) is 5.32 Å². The van der Waals surface area contributed by atoms with Crippen molar-refractivity contribution >= 4 is 0 Å². The van der Waals surface area contributed by atoms with Gasteiger partial charge in [0, 0.05) is 17.6 Å². The molecule has 1 aromatic rings. The maximum atomic E-state index is 13.5. The van der Waals surface area contributed by atoms with Crippen molar-refractivity contribution in [1.29, 1.82) is 0 Å². The summed E-state index contributed by atoms with van der Waals surface area (Å²) in [6.07, 6.45) is 4.47. The highest BCUT2D eigenvalue weighted by Gasteiger charge is 2.18. The molecule has 0 spiro atoms. The van der Waals surface area contributed by atoms with Gasteiger partial charge >= 0.3 is 0 Å². The highest BCUT2D eigenvalue weighted by molar-refractivity contribution is 5.21. The maximum Gasteiger partial charge on any atom is 0.127 e. The lowest BCUT2D eigenvalue weighted by Gasteiger charge is -2.26. The van der Waals surface area contributed by atoms with Crippen LogP contribution in [0.2, 0.25) is 0 Å². The van der Waals surface area contributed by atoms with Crippen LogP contribution in [-0.2, 0) is 0 Å². The van der Waals surface area contributed by atoms with Gasteiger partial charge in [0.05, 0.1) is 0 Å². The van der Waals surface area contributed by atoms with Gasteiger partial charge in [-0.15, -0.1) is 0 Å². The fourth-order valence-corrected chi connectivity index (χ4v) is 2.33. The van der Waals surface area contributed by atoms with E-state index >= 15 is 0 Å². The van der Waals surface area contributed by atoms with Crippen LogP contribution in [0.15, 0.2) is 24.3 Å². The highest BCUT2D eigenvalue weighted by atomic mass is 19.1. The van der Waals surface area contributed by atoms with E-state index in [0.29, 0.717) is 11.6 Å². The monoisotopic (exact) mass is 222 g/mol. The Morgan fingerprint density at radius 3 is 2.88 bits per heavy atom. The number of rotatable bonds is 3. The number of nitrogens with one attached hydrogen (secondary N) is 1. The molecular formula is C13H19FN2. The minimum Gasteiger partial charge on any atom is -0.324 e. The topological polar surface area (TPSA) is 38.0 Å². The maximum absolute atomic E-state index is 13.5. The van der Waals surface area contributed by atoms with Crippen LogP contribution >= 0.6 is 0 Å². The van der Waals surface area contributed by atoms with E-state index in [9.17, 15) is 4.39 Å². The van der Waals surface area contributed by atoms with Crippen molar-refractivity contribution in [2.45, 2.75) is 37.8 Å². The molecule has 0 aromatic heterocycles. The number of halogens is 1. The van der Waals surface area contributed by atoms with E-state index in [-0.39, 0.29) is 11.9 Å². The van der Waals surface area contributed by atoms with Gasteiger partial charge in [-0.2, -0.15) is 0 Å². The van der Waals surface area contributed by atoms with E-state index in [1.807, 2.05) is 6.07 Å². The molecule has 2 atom stereocenters. The third kappa shape index (κ3) is 2.80. The van der Waals surface area contributed by atoms with E-state index in [4.69, 9.17) is 5.73 Å². The molecule has 16 heavy (non-hydrogen) atoms. The number of piperidine rings is 1. The second kappa shape index (κ2) is 5.41. The average molecular weight is 222 g/mol. The van der Waals surface area contributed by atoms with E-state index in [2.05, 4.69) is 5.32 Å². The summed E-state index contributed by atoms with van der Waals surface area (Å²) in [5, 5.41) is 3.44. The van der Waals surface area contributed by atoms with Crippen LogP contribution in [0.4, 0.5) is 4.39 Å². The van der Waals surface area contributed by atoms with Gasteiger partial charge in [0.25, 0.3) is 0 Å². The molecule has 88 valence electrons. The van der Waals surface area contributed by atoms with Crippen LogP contribution < -0.4 is 11.1 Å². The van der Waals surface area contributed by atoms with E-state index in [1.54, 1.807) is 12.1 Å². The molecule has 1 aliphatic heterocycles. The molecule has 3 N–H and O–H groups in total. The largest absolute Gasteiger partial charge is 0.324 e. The van der Waals surface area contributed by atoms with Crippen LogP contribution in [-0.4, -0.2) is 12.6 Å². The Labute approximate surface area is 96.0 Å². The van der Waals surface area contributed by atoms with Gasteiger partial charge in [-0.3, -0.25) is 0 Å². The molecule has 1 fully saturated rings. The Hall–Kier alpha value is -0.930. The Bertz CT molecular complexity index is 334. The molecule has 0 saturated carbocycles. The molecule has 1 heterocycles. The van der Waals surface area contributed by atoms with Crippen molar-refractivity contribution in [3.63, 3.8) is 0 Å². The summed E-state index contributed by atoms with van der Waals surface area (Å²) in [6, 6.07) is 7.05. The standard InChI is InChI=1S/C13H19FN2/c14-12-7-2-1-6-11(12)13(15)9-10-5-3-4-8-16-10/h1-2,6-7,10,13,16H,3-5,8-9,15H2. The summed E-state index contributed by atoms with van der Waals surface area (Å²) < 4.78 is 13.5. The van der Waals surface area contributed by atoms with Crippen LogP contribution in [0.1, 0.15) is 37.3 Å². The molecule has 2 unspecified atom stereocenters. The summed E-state index contributed by atoms with van der Waals surface area (Å²) in [5.41, 5.74) is 6.68. The molecule has 0 amide bonds. The molecule has 3 heteroatoms. The first-order valence-corrected chi connectivity index (χ1v) is 6.01. The Morgan fingerprint density at radius 2 is 2.19 bits per heavy atom. The minimum atomic E-state index is -0.197. The van der Waals surface area contributed by atoms with E-state index < -0.39 is 0 Å². The van der Waals surface area contributed by atoms with Gasteiger partial charge in [-0.05, 0) is 31.9 Å². The predicted molar refractivity (Wildman–Crippen MR) is 63.6 cm³/mol. The number of hydrogen-bond donors (Lipinski definition) is 2. The minimum absolute atomic E-state index is 0.189. The van der Waals surface area contributed by atoms with E-state index in [0.717, 1.165) is 19.4 Å². The number of hydrogen-bond acceptors (Lipinski definition) is 2. The van der Waals surface area contributed by atoms with Crippen LogP contribution in [0.3, 0.4) is 0 Å². The third-order valence-electron chi connectivity index (χ3n) is 3.26. The summed E-state index contributed by atoms with van der Waals surface area (Å²) in [5.74, 6) is -0.189. The summed E-state index contributed by atoms with van der Waals surface area (Å²) in [6.45, 7) is 1.06. The van der Waals surface area contributed by atoms with Gasteiger partial charge in [0.1, 0.15) is 5.82 Å². The lowest BCUT2D eigenvalue weighted by atomic mass is 9.94. The normalized spacial score (nSPS) is 23.0. The fraction of sp³-hybridized carbons (Fsp3) is 0.538. The van der Waals surface area contributed by atoms with Gasteiger partial charge in [0.2, 0.25) is 0 Å². The molecule has 2 rings (SSSR count). The zero-order valence-corrected chi connectivity index (χ0v) is 9.45. The van der Waals surface area contributed by atoms with E-state index in [1.165, 1.54) is 18.9 Å². The molecule has 0 radical (unpaired) electrons. The first-order chi connectivity index (χ1) is 7.77. The molecule has 1 aromatic carbocycles. The summed E-state index contributed by atoms with van der Waals surface area (Å²) in [4.78, 5) is 0. The molecule has 0 bridgehead atoms. The first kappa shape index (κ1) is 11.6. The zero-order chi connectivity index (χ0) is 11.4. The van der Waals surface area contributed by atoms with Crippen LogP contribution in [0.5, 0.6) is 0 Å².